The summed E-state index contributed by atoms with van der Waals surface area (Å²) in [6.45, 7) is 3.99. The summed E-state index contributed by atoms with van der Waals surface area (Å²) in [7, 11) is 1.53. The van der Waals surface area contributed by atoms with E-state index in [1.807, 2.05) is 24.3 Å². The van der Waals surface area contributed by atoms with Crippen LogP contribution in [0.4, 0.5) is 0 Å². The highest BCUT2D eigenvalue weighted by molar-refractivity contribution is 6.15. The molecule has 1 atom stereocenters. The average molecular weight is 463 g/mol. The molecule has 8 heteroatoms. The molecule has 0 spiro atoms. The summed E-state index contributed by atoms with van der Waals surface area (Å²) in [4.78, 5) is 29.6. The monoisotopic (exact) mass is 462 g/mol. The van der Waals surface area contributed by atoms with Crippen LogP contribution in [0.1, 0.15) is 22.2 Å². The molecule has 1 unspecified atom stereocenters. The van der Waals surface area contributed by atoms with Crippen molar-refractivity contribution in [3.05, 3.63) is 77.3 Å². The van der Waals surface area contributed by atoms with E-state index in [9.17, 15) is 14.7 Å². The molecule has 0 aliphatic carbocycles. The van der Waals surface area contributed by atoms with Gasteiger partial charge in [-0.25, -0.2) is 0 Å². The van der Waals surface area contributed by atoms with Crippen molar-refractivity contribution >= 4 is 22.7 Å². The maximum Gasteiger partial charge on any atom is 0.240 e. The Balaban J connectivity index is 1.53. The smallest absolute Gasteiger partial charge is 0.240 e. The van der Waals surface area contributed by atoms with Gasteiger partial charge in [0.25, 0.3) is 0 Å². The fourth-order valence-corrected chi connectivity index (χ4v) is 4.73. The van der Waals surface area contributed by atoms with Crippen LogP contribution in [-0.4, -0.2) is 63.1 Å². The first-order chi connectivity index (χ1) is 16.6. The number of rotatable bonds is 7. The molecule has 1 saturated heterocycles. The standard InChI is InChI=1S/C26H26N2O6/c1-32-20-9-5-3-7-18(20)23-22(24(29)21-16-17-6-2-4-8-19(17)34-21)25(30)26(31)28(23)11-10-27-12-14-33-15-13-27/h2-9,16,23,30H,10-15H2,1H3. The van der Waals surface area contributed by atoms with Crippen molar-refractivity contribution in [1.29, 1.82) is 0 Å². The first kappa shape index (κ1) is 22.2. The number of benzene rings is 2. The maximum absolute atomic E-state index is 13.6. The summed E-state index contributed by atoms with van der Waals surface area (Å²) in [6.07, 6.45) is 0. The molecule has 1 amide bonds. The second kappa shape index (κ2) is 9.32. The van der Waals surface area contributed by atoms with Gasteiger partial charge in [0, 0.05) is 16.5 Å². The van der Waals surface area contributed by atoms with Gasteiger partial charge in [-0.1, -0.05) is 36.4 Å². The number of amides is 1. The summed E-state index contributed by atoms with van der Waals surface area (Å²) < 4.78 is 16.7. The van der Waals surface area contributed by atoms with Gasteiger partial charge >= 0.3 is 0 Å². The van der Waals surface area contributed by atoms with Crippen LogP contribution in [0.3, 0.4) is 0 Å². The third-order valence-electron chi connectivity index (χ3n) is 6.52. The van der Waals surface area contributed by atoms with Crippen molar-refractivity contribution in [2.75, 3.05) is 46.5 Å². The zero-order valence-corrected chi connectivity index (χ0v) is 18.9. The lowest BCUT2D eigenvalue weighted by molar-refractivity contribution is -0.907. The van der Waals surface area contributed by atoms with Crippen molar-refractivity contribution in [1.82, 2.24) is 4.90 Å². The Morgan fingerprint density at radius 2 is 1.88 bits per heavy atom. The van der Waals surface area contributed by atoms with Gasteiger partial charge < -0.3 is 28.8 Å². The quantitative estimate of drug-likeness (QED) is 0.521. The van der Waals surface area contributed by atoms with Crippen LogP contribution in [0.2, 0.25) is 0 Å². The lowest BCUT2D eigenvalue weighted by Gasteiger charge is -2.31. The average Bonchev–Trinajstić information content (AvgIpc) is 3.42. The Morgan fingerprint density at radius 3 is 2.65 bits per heavy atom. The Labute approximate surface area is 197 Å². The summed E-state index contributed by atoms with van der Waals surface area (Å²) in [5.74, 6) is -1.50. The number of hydrogen-bond acceptors (Lipinski definition) is 6. The number of nitrogens with zero attached hydrogens (tertiary/aromatic N) is 1. The molecular weight excluding hydrogens is 436 g/mol. The number of methoxy groups -OCH3 is 1. The zero-order valence-electron chi connectivity index (χ0n) is 18.9. The molecule has 5 rings (SSSR count). The number of carbonyl (C=O) groups is 2. The molecule has 2 aliphatic rings. The van der Waals surface area contributed by atoms with Gasteiger partial charge in [-0.15, -0.1) is 0 Å². The molecule has 2 aliphatic heterocycles. The molecule has 3 heterocycles. The number of nitrogens with one attached hydrogen (secondary N) is 1. The van der Waals surface area contributed by atoms with Crippen LogP contribution >= 0.6 is 0 Å². The number of ketones is 1. The van der Waals surface area contributed by atoms with E-state index in [0.29, 0.717) is 43.2 Å². The normalized spacial score (nSPS) is 19.3. The lowest BCUT2D eigenvalue weighted by atomic mass is 9.94. The molecule has 8 nitrogen and oxygen atoms in total. The first-order valence-electron chi connectivity index (χ1n) is 11.4. The van der Waals surface area contributed by atoms with E-state index in [1.54, 1.807) is 30.3 Å². The summed E-state index contributed by atoms with van der Waals surface area (Å²) >= 11 is 0. The van der Waals surface area contributed by atoms with E-state index in [0.717, 1.165) is 18.5 Å². The van der Waals surface area contributed by atoms with Crippen LogP contribution in [0, 0.1) is 0 Å². The number of Topliss-reactive ketones (excluding diaryl/α,β-unsaturated/α-hetero) is 1. The lowest BCUT2D eigenvalue weighted by Crippen LogP contribution is -3.14. The van der Waals surface area contributed by atoms with Gasteiger partial charge in [-0.2, -0.15) is 0 Å². The predicted molar refractivity (Wildman–Crippen MR) is 121 cm³/mol. The molecular formula is C26H26N2O6. The van der Waals surface area contributed by atoms with E-state index < -0.39 is 23.5 Å². The van der Waals surface area contributed by atoms with Gasteiger partial charge in [-0.3, -0.25) is 9.59 Å². The minimum absolute atomic E-state index is 0.0397. The molecule has 3 aromatic rings. The topological polar surface area (TPSA) is 96.5 Å². The van der Waals surface area contributed by atoms with Crippen LogP contribution in [-0.2, 0) is 9.53 Å². The van der Waals surface area contributed by atoms with Crippen LogP contribution in [0.5, 0.6) is 5.75 Å². The SMILES string of the molecule is COc1ccccc1C1C(C(=O)c2cc3ccccc3o2)=C([O-])C(=O)N1CC[NH+]1CCOCC1. The largest absolute Gasteiger partial charge is 0.868 e. The van der Waals surface area contributed by atoms with Crippen LogP contribution in [0.25, 0.3) is 11.0 Å². The summed E-state index contributed by atoms with van der Waals surface area (Å²) in [6, 6.07) is 15.2. The highest BCUT2D eigenvalue weighted by Gasteiger charge is 2.42. The fraction of sp³-hybridized carbons (Fsp3) is 0.308. The van der Waals surface area contributed by atoms with E-state index in [1.165, 1.54) is 16.9 Å². The van der Waals surface area contributed by atoms with Crippen molar-refractivity contribution in [2.24, 2.45) is 0 Å². The molecule has 0 radical (unpaired) electrons. The maximum atomic E-state index is 13.6. The van der Waals surface area contributed by atoms with E-state index in [-0.39, 0.29) is 11.3 Å². The Hall–Kier alpha value is -3.62. The number of para-hydroxylation sites is 2. The van der Waals surface area contributed by atoms with E-state index >= 15 is 0 Å². The van der Waals surface area contributed by atoms with Crippen molar-refractivity contribution in [2.45, 2.75) is 6.04 Å². The highest BCUT2D eigenvalue weighted by Crippen LogP contribution is 2.41. The molecule has 1 aromatic heterocycles. The molecule has 2 aromatic carbocycles. The number of morpholine rings is 1. The number of furan rings is 1. The van der Waals surface area contributed by atoms with Gasteiger partial charge in [0.15, 0.2) is 5.76 Å². The number of fused-ring (bicyclic) bond motifs is 1. The Morgan fingerprint density at radius 1 is 1.15 bits per heavy atom. The zero-order chi connectivity index (χ0) is 23.7. The molecule has 1 N–H and O–H groups in total. The van der Waals surface area contributed by atoms with Gasteiger partial charge in [0.05, 0.1) is 39.5 Å². The summed E-state index contributed by atoms with van der Waals surface area (Å²) in [5.41, 5.74) is 1.04. The molecule has 176 valence electrons. The van der Waals surface area contributed by atoms with Gasteiger partial charge in [-0.05, 0) is 24.0 Å². The van der Waals surface area contributed by atoms with Gasteiger partial charge in [0.1, 0.15) is 24.4 Å². The van der Waals surface area contributed by atoms with Crippen LogP contribution in [0.15, 0.2) is 70.3 Å². The number of quaternary nitrogens is 1. The third-order valence-corrected chi connectivity index (χ3v) is 6.52. The number of hydrogen-bond donors (Lipinski definition) is 1. The summed E-state index contributed by atoms with van der Waals surface area (Å²) in [5, 5.41) is 14.0. The van der Waals surface area contributed by atoms with E-state index in [4.69, 9.17) is 13.9 Å². The van der Waals surface area contributed by atoms with Crippen LogP contribution < -0.4 is 14.7 Å². The minimum Gasteiger partial charge on any atom is -0.868 e. The Bertz CT molecular complexity index is 1220. The fourth-order valence-electron chi connectivity index (χ4n) is 4.73. The number of ether oxygens (including phenoxy) is 2. The Kier molecular flexibility index (Phi) is 6.08. The minimum atomic E-state index is -0.850. The highest BCUT2D eigenvalue weighted by atomic mass is 16.5. The molecule has 34 heavy (non-hydrogen) atoms. The van der Waals surface area contributed by atoms with E-state index in [2.05, 4.69) is 0 Å². The van der Waals surface area contributed by atoms with Gasteiger partial charge in [0.2, 0.25) is 11.7 Å². The predicted octanol–water partition coefficient (Wildman–Crippen LogP) is 0.737. The van der Waals surface area contributed by atoms with Crippen molar-refractivity contribution < 1.29 is 33.5 Å². The third kappa shape index (κ3) is 3.95. The second-order valence-corrected chi connectivity index (χ2v) is 8.48. The number of carbonyl (C=O) groups excluding carboxylic acids is 2. The molecule has 1 fully saturated rings. The molecule has 0 saturated carbocycles. The van der Waals surface area contributed by atoms with Crippen molar-refractivity contribution in [3.63, 3.8) is 0 Å². The first-order valence-corrected chi connectivity index (χ1v) is 11.4. The second-order valence-electron chi connectivity index (χ2n) is 8.48. The molecule has 0 bridgehead atoms. The van der Waals surface area contributed by atoms with Crippen molar-refractivity contribution in [3.8, 4) is 5.75 Å².